The molecule has 0 aliphatic heterocycles. The van der Waals surface area contributed by atoms with Gasteiger partial charge in [0.25, 0.3) is 0 Å². The lowest BCUT2D eigenvalue weighted by molar-refractivity contribution is -0.121. The number of rotatable bonds is 7. The highest BCUT2D eigenvalue weighted by atomic mass is 16.5. The van der Waals surface area contributed by atoms with Gasteiger partial charge in [-0.3, -0.25) is 4.79 Å². The standard InChI is InChI=1S/C15H23NO3/c1-11(2)14(7-8-17)16-15(18)10-12-5-4-6-13(9-12)19-3/h4-6,9,11,14,17H,7-8,10H2,1-3H3,(H,16,18). The van der Waals surface area contributed by atoms with E-state index in [1.54, 1.807) is 7.11 Å². The molecule has 2 N–H and O–H groups in total. The molecule has 1 rings (SSSR count). The Hall–Kier alpha value is -1.55. The minimum atomic E-state index is -0.0274. The summed E-state index contributed by atoms with van der Waals surface area (Å²) in [6.07, 6.45) is 0.910. The van der Waals surface area contributed by atoms with Crippen molar-refractivity contribution in [3.8, 4) is 5.75 Å². The SMILES string of the molecule is COc1cccc(CC(=O)NC(CCO)C(C)C)c1. The normalized spacial score (nSPS) is 12.3. The molecule has 1 amide bonds. The second-order valence-corrected chi connectivity index (χ2v) is 4.96. The average molecular weight is 265 g/mol. The largest absolute Gasteiger partial charge is 0.497 e. The van der Waals surface area contributed by atoms with Crippen molar-refractivity contribution >= 4 is 5.91 Å². The van der Waals surface area contributed by atoms with Crippen molar-refractivity contribution in [1.82, 2.24) is 5.32 Å². The molecule has 1 aromatic carbocycles. The number of carbonyl (C=O) groups is 1. The van der Waals surface area contributed by atoms with Gasteiger partial charge in [0.15, 0.2) is 0 Å². The molecule has 4 nitrogen and oxygen atoms in total. The predicted molar refractivity (Wildman–Crippen MR) is 75.2 cm³/mol. The van der Waals surface area contributed by atoms with Crippen molar-refractivity contribution < 1.29 is 14.6 Å². The Kier molecular flexibility index (Phi) is 6.36. The highest BCUT2D eigenvalue weighted by Crippen LogP contribution is 2.13. The summed E-state index contributed by atoms with van der Waals surface area (Å²) in [5.41, 5.74) is 0.920. The highest BCUT2D eigenvalue weighted by molar-refractivity contribution is 5.79. The van der Waals surface area contributed by atoms with Crippen LogP contribution in [0.1, 0.15) is 25.8 Å². The Bertz CT molecular complexity index is 404. The second kappa shape index (κ2) is 7.79. The minimum Gasteiger partial charge on any atom is -0.497 e. The molecule has 0 aromatic heterocycles. The molecule has 0 spiro atoms. The summed E-state index contributed by atoms with van der Waals surface area (Å²) in [5.74, 6) is 1.03. The first-order chi connectivity index (χ1) is 9.06. The van der Waals surface area contributed by atoms with Crippen molar-refractivity contribution in [2.24, 2.45) is 5.92 Å². The monoisotopic (exact) mass is 265 g/mol. The van der Waals surface area contributed by atoms with Gasteiger partial charge in [-0.1, -0.05) is 26.0 Å². The number of aliphatic hydroxyl groups excluding tert-OH is 1. The molecule has 0 aliphatic carbocycles. The van der Waals surface area contributed by atoms with Crippen molar-refractivity contribution in [2.75, 3.05) is 13.7 Å². The van der Waals surface area contributed by atoms with Crippen LogP contribution in [0.5, 0.6) is 5.75 Å². The van der Waals surface area contributed by atoms with Crippen LogP contribution in [0.3, 0.4) is 0 Å². The first-order valence-electron chi connectivity index (χ1n) is 6.60. The second-order valence-electron chi connectivity index (χ2n) is 4.96. The van der Waals surface area contributed by atoms with Crippen LogP contribution in [0.15, 0.2) is 24.3 Å². The fraction of sp³-hybridized carbons (Fsp3) is 0.533. The van der Waals surface area contributed by atoms with Crippen molar-refractivity contribution in [1.29, 1.82) is 0 Å². The molecule has 1 aromatic rings. The van der Waals surface area contributed by atoms with E-state index in [4.69, 9.17) is 9.84 Å². The third-order valence-electron chi connectivity index (χ3n) is 3.09. The number of benzene rings is 1. The molecule has 1 atom stereocenters. The lowest BCUT2D eigenvalue weighted by atomic mass is 10.0. The summed E-state index contributed by atoms with van der Waals surface area (Å²) < 4.78 is 5.13. The van der Waals surface area contributed by atoms with E-state index in [1.807, 2.05) is 38.1 Å². The van der Waals surface area contributed by atoms with Gasteiger partial charge < -0.3 is 15.2 Å². The van der Waals surface area contributed by atoms with Gasteiger partial charge in [0, 0.05) is 12.6 Å². The zero-order chi connectivity index (χ0) is 14.3. The summed E-state index contributed by atoms with van der Waals surface area (Å²) in [7, 11) is 1.61. The molecule has 0 aliphatic rings. The van der Waals surface area contributed by atoms with Crippen molar-refractivity contribution in [3.63, 3.8) is 0 Å². The average Bonchev–Trinajstić information content (AvgIpc) is 2.38. The summed E-state index contributed by atoms with van der Waals surface area (Å²) in [4.78, 5) is 12.0. The van der Waals surface area contributed by atoms with Crippen LogP contribution >= 0.6 is 0 Å². The Morgan fingerprint density at radius 3 is 2.74 bits per heavy atom. The summed E-state index contributed by atoms with van der Waals surface area (Å²) in [6.45, 7) is 4.15. The van der Waals surface area contributed by atoms with Gasteiger partial charge in [0.05, 0.1) is 13.5 Å². The molecule has 0 radical (unpaired) electrons. The lowest BCUT2D eigenvalue weighted by Crippen LogP contribution is -2.40. The van der Waals surface area contributed by atoms with E-state index in [2.05, 4.69) is 5.32 Å². The topological polar surface area (TPSA) is 58.6 Å². The lowest BCUT2D eigenvalue weighted by Gasteiger charge is -2.21. The van der Waals surface area contributed by atoms with Crippen LogP contribution in [-0.4, -0.2) is 30.8 Å². The smallest absolute Gasteiger partial charge is 0.224 e. The highest BCUT2D eigenvalue weighted by Gasteiger charge is 2.15. The van der Waals surface area contributed by atoms with Crippen molar-refractivity contribution in [3.05, 3.63) is 29.8 Å². The Morgan fingerprint density at radius 1 is 1.42 bits per heavy atom. The van der Waals surface area contributed by atoms with Gasteiger partial charge in [-0.25, -0.2) is 0 Å². The maximum Gasteiger partial charge on any atom is 0.224 e. The number of amides is 1. The zero-order valence-corrected chi connectivity index (χ0v) is 11.8. The van der Waals surface area contributed by atoms with Crippen LogP contribution < -0.4 is 10.1 Å². The third-order valence-corrected chi connectivity index (χ3v) is 3.09. The number of nitrogens with one attached hydrogen (secondary N) is 1. The van der Waals surface area contributed by atoms with E-state index in [-0.39, 0.29) is 18.6 Å². The number of hydrogen-bond acceptors (Lipinski definition) is 3. The van der Waals surface area contributed by atoms with E-state index >= 15 is 0 Å². The third kappa shape index (κ3) is 5.30. The molecule has 0 bridgehead atoms. The first-order valence-corrected chi connectivity index (χ1v) is 6.60. The van der Waals surface area contributed by atoms with Gasteiger partial charge in [0.2, 0.25) is 5.91 Å². The number of carbonyl (C=O) groups excluding carboxylic acids is 1. The molecule has 19 heavy (non-hydrogen) atoms. The zero-order valence-electron chi connectivity index (χ0n) is 11.8. The van der Waals surface area contributed by atoms with E-state index in [0.29, 0.717) is 18.8 Å². The molecule has 0 saturated carbocycles. The van der Waals surface area contributed by atoms with Crippen molar-refractivity contribution in [2.45, 2.75) is 32.7 Å². The molecule has 0 heterocycles. The van der Waals surface area contributed by atoms with Crippen LogP contribution in [0.4, 0.5) is 0 Å². The minimum absolute atomic E-state index is 0.0168. The quantitative estimate of drug-likeness (QED) is 0.790. The van der Waals surface area contributed by atoms with Gasteiger partial charge in [0.1, 0.15) is 5.75 Å². The van der Waals surface area contributed by atoms with E-state index in [9.17, 15) is 4.79 Å². The number of aliphatic hydroxyl groups is 1. The van der Waals surface area contributed by atoms with Gasteiger partial charge in [-0.15, -0.1) is 0 Å². The number of methoxy groups -OCH3 is 1. The molecule has 0 saturated heterocycles. The Balaban J connectivity index is 2.58. The molecule has 1 unspecified atom stereocenters. The fourth-order valence-corrected chi connectivity index (χ4v) is 1.94. The maximum absolute atomic E-state index is 12.0. The fourth-order valence-electron chi connectivity index (χ4n) is 1.94. The van der Waals surface area contributed by atoms with Crippen LogP contribution in [0.25, 0.3) is 0 Å². The first kappa shape index (κ1) is 15.5. The molecule has 4 heteroatoms. The van der Waals surface area contributed by atoms with Crippen LogP contribution in [0, 0.1) is 5.92 Å². The van der Waals surface area contributed by atoms with Crippen LogP contribution in [-0.2, 0) is 11.2 Å². The summed E-state index contributed by atoms with van der Waals surface area (Å²) in [5, 5.41) is 12.0. The molecular formula is C15H23NO3. The number of ether oxygens (including phenoxy) is 1. The molecule has 0 fully saturated rings. The predicted octanol–water partition coefficient (Wildman–Crippen LogP) is 1.76. The van der Waals surface area contributed by atoms with E-state index < -0.39 is 0 Å². The summed E-state index contributed by atoms with van der Waals surface area (Å²) >= 11 is 0. The van der Waals surface area contributed by atoms with Gasteiger partial charge in [-0.05, 0) is 30.0 Å². The van der Waals surface area contributed by atoms with Gasteiger partial charge >= 0.3 is 0 Å². The molecular weight excluding hydrogens is 242 g/mol. The molecule has 106 valence electrons. The number of hydrogen-bond donors (Lipinski definition) is 2. The Labute approximate surface area is 114 Å². The maximum atomic E-state index is 12.0. The van der Waals surface area contributed by atoms with E-state index in [0.717, 1.165) is 11.3 Å². The Morgan fingerprint density at radius 2 is 2.16 bits per heavy atom. The van der Waals surface area contributed by atoms with Crippen LogP contribution in [0.2, 0.25) is 0 Å². The summed E-state index contributed by atoms with van der Waals surface area (Å²) in [6, 6.07) is 7.50. The van der Waals surface area contributed by atoms with Gasteiger partial charge in [-0.2, -0.15) is 0 Å². The van der Waals surface area contributed by atoms with E-state index in [1.165, 1.54) is 0 Å².